The van der Waals surface area contributed by atoms with Gasteiger partial charge in [0.2, 0.25) is 11.8 Å². The molecule has 0 amide bonds. The second-order valence-corrected chi connectivity index (χ2v) is 7.09. The number of carboxylic acids is 1. The molecule has 8 nitrogen and oxygen atoms in total. The first-order valence-corrected chi connectivity index (χ1v) is 8.62. The highest BCUT2D eigenvalue weighted by atomic mass is 19.4. The molecule has 3 aliphatic rings. The molecule has 0 radical (unpaired) electrons. The third-order valence-corrected chi connectivity index (χ3v) is 5.03. The van der Waals surface area contributed by atoms with Crippen LogP contribution < -0.4 is 5.73 Å². The van der Waals surface area contributed by atoms with E-state index < -0.39 is 24.6 Å². The number of rotatable bonds is 3. The molecule has 4 rings (SSSR count). The summed E-state index contributed by atoms with van der Waals surface area (Å²) in [6.45, 7) is 0. The fourth-order valence-electron chi connectivity index (χ4n) is 3.57. The summed E-state index contributed by atoms with van der Waals surface area (Å²) < 4.78 is 83.3. The van der Waals surface area contributed by atoms with Crippen LogP contribution in [0.25, 0.3) is 0 Å². The molecule has 3 N–H and O–H groups in total. The van der Waals surface area contributed by atoms with Crippen molar-refractivity contribution in [3.8, 4) is 0 Å². The second kappa shape index (κ2) is 7.72. The first-order chi connectivity index (χ1) is 13.3. The van der Waals surface area contributed by atoms with Crippen LogP contribution in [-0.2, 0) is 14.3 Å². The van der Waals surface area contributed by atoms with E-state index in [2.05, 4.69) is 14.9 Å². The van der Waals surface area contributed by atoms with E-state index >= 15 is 0 Å². The van der Waals surface area contributed by atoms with E-state index in [1.165, 1.54) is 0 Å². The van der Waals surface area contributed by atoms with Crippen LogP contribution in [0.3, 0.4) is 0 Å². The Bertz CT molecular complexity index is 731. The molecule has 1 aliphatic carbocycles. The van der Waals surface area contributed by atoms with Gasteiger partial charge in [-0.15, -0.1) is 23.4 Å². The minimum absolute atomic E-state index is 0.0102. The van der Waals surface area contributed by atoms with Crippen LogP contribution >= 0.6 is 0 Å². The Morgan fingerprint density at radius 1 is 1.03 bits per heavy atom. The number of carbonyl (C=O) groups is 1. The third-order valence-electron chi connectivity index (χ3n) is 5.03. The number of hydrogen-bond donors (Lipinski definition) is 2. The van der Waals surface area contributed by atoms with Crippen LogP contribution in [-0.4, -0.2) is 58.2 Å². The SMILES string of the molecule is NC1CC2OC1CC2c1nnc(C2CC(OC(F)(F)F)C2)o1.O=C(O)C(F)(F)F. The van der Waals surface area contributed by atoms with E-state index in [0.29, 0.717) is 11.8 Å². The van der Waals surface area contributed by atoms with Crippen LogP contribution in [0.1, 0.15) is 49.3 Å². The van der Waals surface area contributed by atoms with Crippen LogP contribution in [0.5, 0.6) is 0 Å². The minimum atomic E-state index is -5.08. The average Bonchev–Trinajstić information content (AvgIpc) is 3.23. The zero-order chi connectivity index (χ0) is 21.6. The van der Waals surface area contributed by atoms with Crippen molar-refractivity contribution in [3.05, 3.63) is 11.8 Å². The van der Waals surface area contributed by atoms with Gasteiger partial charge in [-0.3, -0.25) is 4.74 Å². The molecule has 4 unspecified atom stereocenters. The molecule has 3 heterocycles. The lowest BCUT2D eigenvalue weighted by Gasteiger charge is -2.32. The zero-order valence-electron chi connectivity index (χ0n) is 14.6. The number of ether oxygens (including phenoxy) is 2. The Balaban J connectivity index is 0.000000298. The first kappa shape index (κ1) is 21.8. The predicted molar refractivity (Wildman–Crippen MR) is 79.5 cm³/mol. The molecule has 2 bridgehead atoms. The van der Waals surface area contributed by atoms with Crippen molar-refractivity contribution in [2.75, 3.05) is 0 Å². The number of aliphatic carboxylic acids is 1. The molecule has 4 atom stereocenters. The Morgan fingerprint density at radius 2 is 1.62 bits per heavy atom. The molecule has 2 aliphatic heterocycles. The van der Waals surface area contributed by atoms with Gasteiger partial charge in [0, 0.05) is 12.0 Å². The van der Waals surface area contributed by atoms with Gasteiger partial charge in [0.15, 0.2) is 0 Å². The van der Waals surface area contributed by atoms with Gasteiger partial charge in [-0.05, 0) is 25.7 Å². The highest BCUT2D eigenvalue weighted by Gasteiger charge is 2.49. The number of halogens is 6. The van der Waals surface area contributed by atoms with Crippen LogP contribution in [0.4, 0.5) is 26.3 Å². The number of fused-ring (bicyclic) bond motifs is 2. The molecule has 0 spiro atoms. The molecule has 164 valence electrons. The van der Waals surface area contributed by atoms with E-state index in [4.69, 9.17) is 24.8 Å². The maximum atomic E-state index is 12.1. The molecule has 14 heteroatoms. The molecular formula is C15H17F6N3O5. The number of nitrogens with zero attached hydrogens (tertiary/aromatic N) is 2. The van der Waals surface area contributed by atoms with E-state index in [1.54, 1.807) is 0 Å². The van der Waals surface area contributed by atoms with Crippen molar-refractivity contribution >= 4 is 5.97 Å². The molecule has 2 saturated heterocycles. The summed E-state index contributed by atoms with van der Waals surface area (Å²) in [4.78, 5) is 8.90. The van der Waals surface area contributed by atoms with Gasteiger partial charge in [0.25, 0.3) is 0 Å². The van der Waals surface area contributed by atoms with E-state index in [9.17, 15) is 26.3 Å². The van der Waals surface area contributed by atoms with Crippen molar-refractivity contribution in [1.82, 2.24) is 10.2 Å². The van der Waals surface area contributed by atoms with Crippen molar-refractivity contribution in [1.29, 1.82) is 0 Å². The lowest BCUT2D eigenvalue weighted by molar-refractivity contribution is -0.352. The Morgan fingerprint density at radius 3 is 2.07 bits per heavy atom. The molecule has 3 fully saturated rings. The average molecular weight is 433 g/mol. The summed E-state index contributed by atoms with van der Waals surface area (Å²) in [5.74, 6) is -1.96. The van der Waals surface area contributed by atoms with Crippen molar-refractivity contribution in [2.45, 2.75) is 74.4 Å². The van der Waals surface area contributed by atoms with Gasteiger partial charge in [-0.25, -0.2) is 4.79 Å². The summed E-state index contributed by atoms with van der Waals surface area (Å²) in [6.07, 6.45) is -8.40. The molecule has 0 aromatic carbocycles. The van der Waals surface area contributed by atoms with Crippen molar-refractivity contribution in [2.24, 2.45) is 5.73 Å². The number of alkyl halides is 6. The van der Waals surface area contributed by atoms with Crippen LogP contribution in [0, 0.1) is 0 Å². The Hall–Kier alpha value is -1.93. The van der Waals surface area contributed by atoms with E-state index in [-0.39, 0.29) is 42.9 Å². The minimum Gasteiger partial charge on any atom is -0.475 e. The summed E-state index contributed by atoms with van der Waals surface area (Å²) in [5.41, 5.74) is 5.91. The topological polar surface area (TPSA) is 121 Å². The molecule has 1 aromatic rings. The fourth-order valence-corrected chi connectivity index (χ4v) is 3.57. The molecule has 1 saturated carbocycles. The summed E-state index contributed by atoms with van der Waals surface area (Å²) in [5, 5.41) is 15.1. The fraction of sp³-hybridized carbons (Fsp3) is 0.800. The van der Waals surface area contributed by atoms with Gasteiger partial charge in [0.1, 0.15) is 0 Å². The number of hydrogen-bond acceptors (Lipinski definition) is 7. The third kappa shape index (κ3) is 5.17. The number of aromatic nitrogens is 2. The Labute approximate surface area is 159 Å². The Kier molecular flexibility index (Phi) is 5.80. The van der Waals surface area contributed by atoms with Crippen LogP contribution in [0.2, 0.25) is 0 Å². The lowest BCUT2D eigenvalue weighted by Crippen LogP contribution is -2.34. The largest absolute Gasteiger partial charge is 0.522 e. The van der Waals surface area contributed by atoms with E-state index in [0.717, 1.165) is 12.8 Å². The quantitative estimate of drug-likeness (QED) is 0.698. The molecule has 29 heavy (non-hydrogen) atoms. The normalized spacial score (nSPS) is 33.8. The summed E-state index contributed by atoms with van der Waals surface area (Å²) >= 11 is 0. The molecular weight excluding hydrogens is 416 g/mol. The van der Waals surface area contributed by atoms with Crippen molar-refractivity contribution < 1.29 is 50.1 Å². The highest BCUT2D eigenvalue weighted by molar-refractivity contribution is 5.73. The lowest BCUT2D eigenvalue weighted by atomic mass is 9.82. The van der Waals surface area contributed by atoms with Gasteiger partial charge in [-0.2, -0.15) is 13.2 Å². The van der Waals surface area contributed by atoms with Crippen molar-refractivity contribution in [3.63, 3.8) is 0 Å². The maximum Gasteiger partial charge on any atom is 0.522 e. The smallest absolute Gasteiger partial charge is 0.475 e. The highest BCUT2D eigenvalue weighted by Crippen LogP contribution is 2.45. The predicted octanol–water partition coefficient (Wildman–Crippen LogP) is 2.46. The van der Waals surface area contributed by atoms with Gasteiger partial charge < -0.3 is 20.0 Å². The zero-order valence-corrected chi connectivity index (χ0v) is 14.6. The number of carboxylic acid groups (broad SMARTS) is 1. The monoisotopic (exact) mass is 433 g/mol. The second-order valence-electron chi connectivity index (χ2n) is 7.09. The van der Waals surface area contributed by atoms with E-state index in [1.807, 2.05) is 0 Å². The first-order valence-electron chi connectivity index (χ1n) is 8.62. The standard InChI is InChI=1S/C13H16F3N3O3.C2HF3O2/c14-13(15,16)22-6-1-5(2-6)11-18-19-12(21-11)7-3-10-8(17)4-9(7)20-10;3-2(4,5)1(6)7/h5-10H,1-4,17H2;(H,6,7). The van der Waals surface area contributed by atoms with Gasteiger partial charge in [-0.1, -0.05) is 0 Å². The maximum absolute atomic E-state index is 12.1. The summed E-state index contributed by atoms with van der Waals surface area (Å²) in [7, 11) is 0. The van der Waals surface area contributed by atoms with Crippen LogP contribution in [0.15, 0.2) is 4.42 Å². The van der Waals surface area contributed by atoms with Gasteiger partial charge >= 0.3 is 18.5 Å². The van der Waals surface area contributed by atoms with Gasteiger partial charge in [0.05, 0.1) is 24.2 Å². The summed E-state index contributed by atoms with van der Waals surface area (Å²) in [6, 6.07) is 0.0653. The number of nitrogens with two attached hydrogens (primary N) is 1. The molecule has 1 aromatic heterocycles.